The maximum atomic E-state index is 5.67. The normalized spacial score (nSPS) is 12.2. The van der Waals surface area contributed by atoms with Crippen LogP contribution in [0.5, 0.6) is 0 Å². The van der Waals surface area contributed by atoms with Gasteiger partial charge in [0, 0.05) is 25.3 Å². The monoisotopic (exact) mass is 268 g/mol. The fraction of sp³-hybridized carbons (Fsp3) is 0.333. The van der Waals surface area contributed by atoms with E-state index >= 15 is 0 Å². The maximum Gasteiger partial charge on any atom is 0.0440 e. The second kappa shape index (κ2) is 6.58. The van der Waals surface area contributed by atoms with Gasteiger partial charge in [-0.1, -0.05) is 49.4 Å². The summed E-state index contributed by atoms with van der Waals surface area (Å²) in [5.74, 6) is 0.506. The number of anilines is 1. The van der Waals surface area contributed by atoms with Gasteiger partial charge >= 0.3 is 0 Å². The molecule has 0 fully saturated rings. The molecule has 2 nitrogen and oxygen atoms in total. The molecule has 0 radical (unpaired) electrons. The van der Waals surface area contributed by atoms with Crippen LogP contribution in [-0.2, 0) is 0 Å². The van der Waals surface area contributed by atoms with E-state index in [2.05, 4.69) is 74.4 Å². The van der Waals surface area contributed by atoms with E-state index in [4.69, 9.17) is 5.73 Å². The van der Waals surface area contributed by atoms with Gasteiger partial charge in [0.25, 0.3) is 0 Å². The molecule has 0 aliphatic rings. The summed E-state index contributed by atoms with van der Waals surface area (Å²) in [6, 6.07) is 17.3. The van der Waals surface area contributed by atoms with Gasteiger partial charge in [0.15, 0.2) is 0 Å². The van der Waals surface area contributed by atoms with E-state index in [1.54, 1.807) is 0 Å². The van der Waals surface area contributed by atoms with Crippen LogP contribution < -0.4 is 10.6 Å². The molecule has 0 spiro atoms. The summed E-state index contributed by atoms with van der Waals surface area (Å²) in [5.41, 5.74) is 10.8. The minimum atomic E-state index is 0.506. The highest BCUT2D eigenvalue weighted by Gasteiger charge is 2.09. The molecular weight excluding hydrogens is 244 g/mol. The minimum absolute atomic E-state index is 0.506. The topological polar surface area (TPSA) is 29.3 Å². The second-order valence-corrected chi connectivity index (χ2v) is 5.52. The van der Waals surface area contributed by atoms with E-state index in [-0.39, 0.29) is 0 Å². The lowest BCUT2D eigenvalue weighted by atomic mass is 9.93. The molecule has 0 saturated heterocycles. The summed E-state index contributed by atoms with van der Waals surface area (Å²) in [7, 11) is 4.17. The molecule has 2 rings (SSSR count). The zero-order valence-corrected chi connectivity index (χ0v) is 12.6. The second-order valence-electron chi connectivity index (χ2n) is 5.52. The van der Waals surface area contributed by atoms with Crippen LogP contribution in [0.4, 0.5) is 5.69 Å². The summed E-state index contributed by atoms with van der Waals surface area (Å²) < 4.78 is 0. The van der Waals surface area contributed by atoms with Crippen LogP contribution in [0, 0.1) is 0 Å². The SMILES string of the molecule is CC(CCN)c1cccc(-c2ccccc2N(C)C)c1. The van der Waals surface area contributed by atoms with Crippen molar-refractivity contribution in [1.29, 1.82) is 0 Å². The number of para-hydroxylation sites is 1. The van der Waals surface area contributed by atoms with Crippen molar-refractivity contribution in [2.24, 2.45) is 5.73 Å². The van der Waals surface area contributed by atoms with Gasteiger partial charge in [-0.2, -0.15) is 0 Å². The molecule has 0 aromatic heterocycles. The van der Waals surface area contributed by atoms with Crippen molar-refractivity contribution in [1.82, 2.24) is 0 Å². The van der Waals surface area contributed by atoms with Crippen LogP contribution in [0.3, 0.4) is 0 Å². The smallest absolute Gasteiger partial charge is 0.0440 e. The van der Waals surface area contributed by atoms with Gasteiger partial charge in [0.05, 0.1) is 0 Å². The Morgan fingerprint density at radius 3 is 2.50 bits per heavy atom. The fourth-order valence-electron chi connectivity index (χ4n) is 2.54. The van der Waals surface area contributed by atoms with Gasteiger partial charge in [0.2, 0.25) is 0 Å². The third-order valence-corrected chi connectivity index (χ3v) is 3.75. The van der Waals surface area contributed by atoms with Gasteiger partial charge in [0.1, 0.15) is 0 Å². The molecule has 1 unspecified atom stereocenters. The number of nitrogens with zero attached hydrogens (tertiary/aromatic N) is 1. The van der Waals surface area contributed by atoms with Crippen LogP contribution in [0.25, 0.3) is 11.1 Å². The van der Waals surface area contributed by atoms with Crippen LogP contribution in [-0.4, -0.2) is 20.6 Å². The van der Waals surface area contributed by atoms with Crippen molar-refractivity contribution in [3.63, 3.8) is 0 Å². The predicted octanol–water partition coefficient (Wildman–Crippen LogP) is 3.87. The predicted molar refractivity (Wildman–Crippen MR) is 88.3 cm³/mol. The van der Waals surface area contributed by atoms with Crippen LogP contribution in [0.15, 0.2) is 48.5 Å². The van der Waals surface area contributed by atoms with Gasteiger partial charge in [-0.05, 0) is 36.1 Å². The molecule has 0 aliphatic carbocycles. The Morgan fingerprint density at radius 1 is 1.05 bits per heavy atom. The Morgan fingerprint density at radius 2 is 1.80 bits per heavy atom. The highest BCUT2D eigenvalue weighted by Crippen LogP contribution is 2.31. The molecule has 0 saturated carbocycles. The Balaban J connectivity index is 2.41. The molecule has 0 bridgehead atoms. The minimum Gasteiger partial charge on any atom is -0.377 e. The first-order chi connectivity index (χ1) is 9.63. The lowest BCUT2D eigenvalue weighted by Gasteiger charge is -2.18. The molecule has 2 N–H and O–H groups in total. The zero-order chi connectivity index (χ0) is 14.5. The quantitative estimate of drug-likeness (QED) is 0.892. The van der Waals surface area contributed by atoms with Crippen molar-refractivity contribution >= 4 is 5.69 Å². The van der Waals surface area contributed by atoms with E-state index in [0.29, 0.717) is 5.92 Å². The Kier molecular flexibility index (Phi) is 4.80. The average molecular weight is 268 g/mol. The van der Waals surface area contributed by atoms with E-state index in [0.717, 1.165) is 13.0 Å². The van der Waals surface area contributed by atoms with Gasteiger partial charge in [-0.3, -0.25) is 0 Å². The summed E-state index contributed by atoms with van der Waals surface area (Å²) in [4.78, 5) is 2.16. The Bertz CT molecular complexity index is 561. The molecule has 2 aromatic rings. The molecule has 0 aliphatic heterocycles. The summed E-state index contributed by atoms with van der Waals surface area (Å²) in [5, 5.41) is 0. The van der Waals surface area contributed by atoms with Crippen LogP contribution in [0.2, 0.25) is 0 Å². The highest BCUT2D eigenvalue weighted by molar-refractivity contribution is 5.78. The summed E-state index contributed by atoms with van der Waals surface area (Å²) in [6.45, 7) is 2.98. The van der Waals surface area contributed by atoms with E-state index < -0.39 is 0 Å². The molecule has 2 heteroatoms. The van der Waals surface area contributed by atoms with Gasteiger partial charge in [-0.25, -0.2) is 0 Å². The zero-order valence-electron chi connectivity index (χ0n) is 12.6. The van der Waals surface area contributed by atoms with Crippen LogP contribution in [0.1, 0.15) is 24.8 Å². The van der Waals surface area contributed by atoms with Crippen LogP contribution >= 0.6 is 0 Å². The molecule has 106 valence electrons. The van der Waals surface area contributed by atoms with E-state index in [9.17, 15) is 0 Å². The summed E-state index contributed by atoms with van der Waals surface area (Å²) >= 11 is 0. The summed E-state index contributed by atoms with van der Waals surface area (Å²) in [6.07, 6.45) is 1.03. The average Bonchev–Trinajstić information content (AvgIpc) is 2.47. The highest BCUT2D eigenvalue weighted by atomic mass is 15.1. The Labute approximate surface area is 122 Å². The van der Waals surface area contributed by atoms with E-state index in [1.165, 1.54) is 22.4 Å². The largest absolute Gasteiger partial charge is 0.377 e. The third kappa shape index (κ3) is 3.20. The molecule has 20 heavy (non-hydrogen) atoms. The van der Waals surface area contributed by atoms with Crippen molar-refractivity contribution < 1.29 is 0 Å². The molecule has 2 aromatic carbocycles. The third-order valence-electron chi connectivity index (χ3n) is 3.75. The molecule has 0 heterocycles. The standard InChI is InChI=1S/C18H24N2/c1-14(11-12-19)15-7-6-8-16(13-15)17-9-4-5-10-18(17)20(2)3/h4-10,13-14H,11-12,19H2,1-3H3. The van der Waals surface area contributed by atoms with Gasteiger partial charge < -0.3 is 10.6 Å². The van der Waals surface area contributed by atoms with Crippen molar-refractivity contribution in [3.05, 3.63) is 54.1 Å². The lowest BCUT2D eigenvalue weighted by Crippen LogP contribution is -2.09. The first-order valence-corrected chi connectivity index (χ1v) is 7.20. The number of nitrogens with two attached hydrogens (primary N) is 1. The van der Waals surface area contributed by atoms with Crippen molar-refractivity contribution in [2.45, 2.75) is 19.3 Å². The lowest BCUT2D eigenvalue weighted by molar-refractivity contribution is 0.690. The van der Waals surface area contributed by atoms with E-state index in [1.807, 2.05) is 0 Å². The molecule has 1 atom stereocenters. The number of rotatable bonds is 5. The van der Waals surface area contributed by atoms with Gasteiger partial charge in [-0.15, -0.1) is 0 Å². The first-order valence-electron chi connectivity index (χ1n) is 7.20. The molecular formula is C18H24N2. The molecule has 0 amide bonds. The Hall–Kier alpha value is -1.80. The number of hydrogen-bond acceptors (Lipinski definition) is 2. The van der Waals surface area contributed by atoms with Crippen molar-refractivity contribution in [2.75, 3.05) is 25.5 Å². The fourth-order valence-corrected chi connectivity index (χ4v) is 2.54. The first kappa shape index (κ1) is 14.6. The number of hydrogen-bond donors (Lipinski definition) is 1. The number of benzene rings is 2. The maximum absolute atomic E-state index is 5.67. The van der Waals surface area contributed by atoms with Crippen molar-refractivity contribution in [3.8, 4) is 11.1 Å².